The minimum atomic E-state index is -0.186. The second-order valence-electron chi connectivity index (χ2n) is 5.71. The van der Waals surface area contributed by atoms with Crippen molar-refractivity contribution >= 4 is 5.91 Å². The molecule has 0 radical (unpaired) electrons. The summed E-state index contributed by atoms with van der Waals surface area (Å²) in [6, 6.07) is 5.42. The lowest BCUT2D eigenvalue weighted by Gasteiger charge is -2.17. The highest BCUT2D eigenvalue weighted by Gasteiger charge is 2.17. The van der Waals surface area contributed by atoms with Crippen molar-refractivity contribution in [3.05, 3.63) is 41.2 Å². The maximum absolute atomic E-state index is 12.4. The summed E-state index contributed by atoms with van der Waals surface area (Å²) in [6.45, 7) is 4.73. The highest BCUT2D eigenvalue weighted by Crippen LogP contribution is 2.30. The van der Waals surface area contributed by atoms with E-state index in [-0.39, 0.29) is 11.9 Å². The van der Waals surface area contributed by atoms with E-state index in [1.54, 1.807) is 25.1 Å². The summed E-state index contributed by atoms with van der Waals surface area (Å²) in [6.07, 6.45) is 1.57. The molecule has 7 nitrogen and oxygen atoms in total. The lowest BCUT2D eigenvalue weighted by Crippen LogP contribution is -2.27. The van der Waals surface area contributed by atoms with Crippen molar-refractivity contribution in [1.82, 2.24) is 15.1 Å². The van der Waals surface area contributed by atoms with Crippen molar-refractivity contribution in [2.45, 2.75) is 19.9 Å². The average Bonchev–Trinajstić information content (AvgIpc) is 2.94. The van der Waals surface area contributed by atoms with Gasteiger partial charge in [-0.2, -0.15) is 5.10 Å². The lowest BCUT2D eigenvalue weighted by molar-refractivity contribution is 0.0939. The molecule has 1 atom stereocenters. The minimum absolute atomic E-state index is 0.155. The zero-order chi connectivity index (χ0) is 18.4. The van der Waals surface area contributed by atoms with Crippen LogP contribution in [0.15, 0.2) is 24.4 Å². The average molecular weight is 347 g/mol. The quantitative estimate of drug-likeness (QED) is 0.742. The van der Waals surface area contributed by atoms with Crippen LogP contribution >= 0.6 is 0 Å². The summed E-state index contributed by atoms with van der Waals surface area (Å²) in [5, 5.41) is 7.08. The number of aryl methyl sites for hydroxylation is 1. The van der Waals surface area contributed by atoms with Gasteiger partial charge in [0.2, 0.25) is 0 Å². The fourth-order valence-corrected chi connectivity index (χ4v) is 2.39. The Kier molecular flexibility index (Phi) is 6.41. The number of hydrogen-bond acceptors (Lipinski definition) is 5. The number of rotatable bonds is 8. The van der Waals surface area contributed by atoms with Gasteiger partial charge in [-0.3, -0.25) is 9.48 Å². The van der Waals surface area contributed by atoms with Crippen LogP contribution in [0.4, 0.5) is 0 Å². The molecule has 1 unspecified atom stereocenters. The highest BCUT2D eigenvalue weighted by atomic mass is 16.5. The number of nitrogens with one attached hydrogen (secondary N) is 1. The number of nitrogens with zero attached hydrogens (tertiary/aromatic N) is 2. The van der Waals surface area contributed by atoms with Crippen LogP contribution in [-0.2, 0) is 11.8 Å². The van der Waals surface area contributed by atoms with Crippen LogP contribution in [0, 0.1) is 6.92 Å². The van der Waals surface area contributed by atoms with E-state index in [0.29, 0.717) is 30.3 Å². The third-order valence-corrected chi connectivity index (χ3v) is 4.06. The number of amides is 1. The fraction of sp³-hybridized carbons (Fsp3) is 0.444. The van der Waals surface area contributed by atoms with Gasteiger partial charge >= 0.3 is 0 Å². The van der Waals surface area contributed by atoms with Crippen LogP contribution < -0.4 is 14.8 Å². The van der Waals surface area contributed by atoms with Crippen molar-refractivity contribution in [2.24, 2.45) is 7.05 Å². The van der Waals surface area contributed by atoms with Crippen molar-refractivity contribution in [3.8, 4) is 11.5 Å². The molecule has 1 aromatic carbocycles. The first-order chi connectivity index (χ1) is 12.0. The number of ether oxygens (including phenoxy) is 3. The molecule has 0 bridgehead atoms. The molecule has 1 heterocycles. The first-order valence-electron chi connectivity index (χ1n) is 8.07. The van der Waals surface area contributed by atoms with E-state index in [2.05, 4.69) is 10.4 Å². The van der Waals surface area contributed by atoms with Crippen LogP contribution in [0.2, 0.25) is 0 Å². The minimum Gasteiger partial charge on any atom is -0.493 e. The van der Waals surface area contributed by atoms with Crippen molar-refractivity contribution < 1.29 is 19.0 Å². The molecule has 25 heavy (non-hydrogen) atoms. The SMILES string of the molecule is COCCOc1ccc(C(C)NC(=O)c2cnn(C)c2C)cc1OC. The Bertz CT molecular complexity index is 727. The van der Waals surface area contributed by atoms with Gasteiger partial charge in [-0.05, 0) is 31.5 Å². The molecular formula is C18H25N3O4. The topological polar surface area (TPSA) is 74.6 Å². The lowest BCUT2D eigenvalue weighted by atomic mass is 10.1. The zero-order valence-corrected chi connectivity index (χ0v) is 15.3. The van der Waals surface area contributed by atoms with E-state index in [9.17, 15) is 4.79 Å². The molecule has 1 amide bonds. The molecule has 0 saturated heterocycles. The van der Waals surface area contributed by atoms with Gasteiger partial charge in [0.1, 0.15) is 6.61 Å². The Morgan fingerprint density at radius 1 is 1.28 bits per heavy atom. The zero-order valence-electron chi connectivity index (χ0n) is 15.3. The second kappa shape index (κ2) is 8.53. The van der Waals surface area contributed by atoms with E-state index in [0.717, 1.165) is 11.3 Å². The fourth-order valence-electron chi connectivity index (χ4n) is 2.39. The molecule has 2 aromatic rings. The van der Waals surface area contributed by atoms with Gasteiger partial charge in [0.05, 0.1) is 31.5 Å². The predicted molar refractivity (Wildman–Crippen MR) is 94.2 cm³/mol. The molecule has 7 heteroatoms. The number of methoxy groups -OCH3 is 2. The number of carbonyl (C=O) groups excluding carboxylic acids is 1. The maximum Gasteiger partial charge on any atom is 0.255 e. The Labute approximate surface area is 147 Å². The summed E-state index contributed by atoms with van der Waals surface area (Å²) < 4.78 is 17.7. The van der Waals surface area contributed by atoms with E-state index in [1.165, 1.54) is 0 Å². The monoisotopic (exact) mass is 347 g/mol. The van der Waals surface area contributed by atoms with Gasteiger partial charge in [-0.25, -0.2) is 0 Å². The Hall–Kier alpha value is -2.54. The van der Waals surface area contributed by atoms with Crippen molar-refractivity contribution in [2.75, 3.05) is 27.4 Å². The molecule has 136 valence electrons. The molecule has 1 aromatic heterocycles. The molecule has 0 saturated carbocycles. The van der Waals surface area contributed by atoms with Gasteiger partial charge in [-0.1, -0.05) is 6.07 Å². The molecule has 0 aliphatic heterocycles. The maximum atomic E-state index is 12.4. The number of aromatic nitrogens is 2. The van der Waals surface area contributed by atoms with Gasteiger partial charge in [0, 0.05) is 19.9 Å². The standard InChI is InChI=1S/C18H25N3O4/c1-12(20-18(22)15-11-19-21(3)13(15)2)14-6-7-16(17(10-14)24-5)25-9-8-23-4/h6-7,10-12H,8-9H2,1-5H3,(H,20,22). The normalized spacial score (nSPS) is 11.9. The molecule has 0 fully saturated rings. The largest absolute Gasteiger partial charge is 0.493 e. The molecule has 2 rings (SSSR count). The first-order valence-corrected chi connectivity index (χ1v) is 8.07. The second-order valence-corrected chi connectivity index (χ2v) is 5.71. The van der Waals surface area contributed by atoms with E-state index >= 15 is 0 Å². The third kappa shape index (κ3) is 4.51. The molecule has 1 N–H and O–H groups in total. The van der Waals surface area contributed by atoms with Crippen LogP contribution in [0.25, 0.3) is 0 Å². The van der Waals surface area contributed by atoms with Gasteiger partial charge in [0.25, 0.3) is 5.91 Å². The Balaban J connectivity index is 2.09. The number of hydrogen-bond donors (Lipinski definition) is 1. The molecular weight excluding hydrogens is 322 g/mol. The van der Waals surface area contributed by atoms with Crippen LogP contribution in [0.5, 0.6) is 11.5 Å². The van der Waals surface area contributed by atoms with Crippen molar-refractivity contribution in [3.63, 3.8) is 0 Å². The summed E-state index contributed by atoms with van der Waals surface area (Å²) in [4.78, 5) is 12.4. The van der Waals surface area contributed by atoms with E-state index in [4.69, 9.17) is 14.2 Å². The van der Waals surface area contributed by atoms with E-state index < -0.39 is 0 Å². The first kappa shape index (κ1) is 18.8. The van der Waals surface area contributed by atoms with Gasteiger partial charge < -0.3 is 19.5 Å². The molecule has 0 aliphatic rings. The van der Waals surface area contributed by atoms with Gasteiger partial charge in [0.15, 0.2) is 11.5 Å². The van der Waals surface area contributed by atoms with E-state index in [1.807, 2.05) is 39.1 Å². The Morgan fingerprint density at radius 3 is 2.64 bits per heavy atom. The third-order valence-electron chi connectivity index (χ3n) is 4.06. The van der Waals surface area contributed by atoms with Gasteiger partial charge in [-0.15, -0.1) is 0 Å². The molecule has 0 spiro atoms. The Morgan fingerprint density at radius 2 is 2.04 bits per heavy atom. The predicted octanol–water partition coefficient (Wildman–Crippen LogP) is 2.25. The number of carbonyl (C=O) groups is 1. The molecule has 0 aliphatic carbocycles. The van der Waals surface area contributed by atoms with Crippen molar-refractivity contribution in [1.29, 1.82) is 0 Å². The summed E-state index contributed by atoms with van der Waals surface area (Å²) >= 11 is 0. The summed E-state index contributed by atoms with van der Waals surface area (Å²) in [7, 11) is 5.02. The summed E-state index contributed by atoms with van der Waals surface area (Å²) in [5.74, 6) is 1.11. The summed E-state index contributed by atoms with van der Waals surface area (Å²) in [5.41, 5.74) is 2.32. The van der Waals surface area contributed by atoms with Crippen LogP contribution in [0.3, 0.4) is 0 Å². The number of benzene rings is 1. The van der Waals surface area contributed by atoms with Crippen LogP contribution in [0.1, 0.15) is 34.6 Å². The van der Waals surface area contributed by atoms with Crippen LogP contribution in [-0.4, -0.2) is 43.1 Å². The highest BCUT2D eigenvalue weighted by molar-refractivity contribution is 5.95. The smallest absolute Gasteiger partial charge is 0.255 e.